The topological polar surface area (TPSA) is 24.7 Å². The summed E-state index contributed by atoms with van der Waals surface area (Å²) in [6.07, 6.45) is 4.10. The van der Waals surface area contributed by atoms with E-state index in [-0.39, 0.29) is 6.17 Å². The minimum Gasteiger partial charge on any atom is -0.260 e. The van der Waals surface area contributed by atoms with Gasteiger partial charge in [-0.2, -0.15) is 0 Å². The molecule has 90 valence electrons. The van der Waals surface area contributed by atoms with Crippen molar-refractivity contribution >= 4 is 11.9 Å². The second-order valence-electron chi connectivity index (χ2n) is 5.74. The van der Waals surface area contributed by atoms with Crippen LogP contribution >= 0.6 is 0 Å². The molecule has 0 spiro atoms. The fourth-order valence-electron chi connectivity index (χ4n) is 1.80. The van der Waals surface area contributed by atoms with E-state index in [9.17, 15) is 0 Å². The quantitative estimate of drug-likeness (QED) is 0.746. The van der Waals surface area contributed by atoms with Crippen LogP contribution in [0.5, 0.6) is 0 Å². The standard InChI is InChI=1S/C15H20N2/c1-15(2,3)10-9-13-11-16-14(17-13)12-7-5-4-6-8-12/h4-8,11,14H,9-10H2,1-3H3. The lowest BCUT2D eigenvalue weighted by atomic mass is 9.89. The van der Waals surface area contributed by atoms with Crippen molar-refractivity contribution in [3.8, 4) is 0 Å². The summed E-state index contributed by atoms with van der Waals surface area (Å²) in [5.41, 5.74) is 2.67. The minimum absolute atomic E-state index is 0.00818. The fraction of sp³-hybridized carbons (Fsp3) is 0.467. The van der Waals surface area contributed by atoms with E-state index in [4.69, 9.17) is 0 Å². The molecule has 2 nitrogen and oxygen atoms in total. The van der Waals surface area contributed by atoms with Crippen molar-refractivity contribution in [2.45, 2.75) is 39.8 Å². The van der Waals surface area contributed by atoms with E-state index in [2.05, 4.69) is 42.9 Å². The molecule has 0 radical (unpaired) electrons. The van der Waals surface area contributed by atoms with Gasteiger partial charge in [-0.25, -0.2) is 0 Å². The second kappa shape index (κ2) is 4.82. The summed E-state index contributed by atoms with van der Waals surface area (Å²) >= 11 is 0. The number of hydrogen-bond acceptors (Lipinski definition) is 2. The molecule has 0 bridgehead atoms. The monoisotopic (exact) mass is 228 g/mol. The van der Waals surface area contributed by atoms with Gasteiger partial charge in [0, 0.05) is 6.21 Å². The lowest BCUT2D eigenvalue weighted by molar-refractivity contribution is 0.386. The van der Waals surface area contributed by atoms with Gasteiger partial charge in [-0.1, -0.05) is 51.1 Å². The van der Waals surface area contributed by atoms with Gasteiger partial charge in [-0.05, 0) is 23.8 Å². The lowest BCUT2D eigenvalue weighted by Crippen LogP contribution is -2.08. The highest BCUT2D eigenvalue weighted by molar-refractivity contribution is 6.31. The molecular weight excluding hydrogens is 208 g/mol. The zero-order chi connectivity index (χ0) is 12.3. The van der Waals surface area contributed by atoms with Gasteiger partial charge < -0.3 is 0 Å². The number of benzene rings is 1. The summed E-state index contributed by atoms with van der Waals surface area (Å²) in [7, 11) is 0. The molecule has 1 aliphatic rings. The number of nitrogens with zero attached hydrogens (tertiary/aromatic N) is 2. The third kappa shape index (κ3) is 3.52. The average Bonchev–Trinajstić information content (AvgIpc) is 2.75. The highest BCUT2D eigenvalue weighted by atomic mass is 15.0. The van der Waals surface area contributed by atoms with E-state index in [1.807, 2.05) is 24.4 Å². The molecular formula is C15H20N2. The maximum atomic E-state index is 4.66. The molecule has 1 aromatic rings. The SMILES string of the molecule is CC(C)(C)CCC1=NC(c2ccccc2)N=C1. The molecule has 1 aliphatic heterocycles. The van der Waals surface area contributed by atoms with Crippen molar-refractivity contribution in [2.24, 2.45) is 15.4 Å². The van der Waals surface area contributed by atoms with E-state index >= 15 is 0 Å². The first kappa shape index (κ1) is 12.0. The van der Waals surface area contributed by atoms with Gasteiger partial charge in [0.1, 0.15) is 0 Å². The van der Waals surface area contributed by atoms with Crippen molar-refractivity contribution in [3.63, 3.8) is 0 Å². The Morgan fingerprint density at radius 2 is 1.82 bits per heavy atom. The van der Waals surface area contributed by atoms with Crippen LogP contribution in [0.4, 0.5) is 0 Å². The van der Waals surface area contributed by atoms with Gasteiger partial charge in [0.05, 0.1) is 5.71 Å². The number of rotatable bonds is 3. The van der Waals surface area contributed by atoms with Crippen LogP contribution in [0.2, 0.25) is 0 Å². The van der Waals surface area contributed by atoms with Crippen molar-refractivity contribution in [2.75, 3.05) is 0 Å². The van der Waals surface area contributed by atoms with Gasteiger partial charge in [-0.3, -0.25) is 9.98 Å². The molecule has 0 aromatic heterocycles. The van der Waals surface area contributed by atoms with Gasteiger partial charge in [0.15, 0.2) is 6.17 Å². The molecule has 17 heavy (non-hydrogen) atoms. The second-order valence-corrected chi connectivity index (χ2v) is 5.74. The van der Waals surface area contributed by atoms with Crippen LogP contribution < -0.4 is 0 Å². The molecule has 0 saturated heterocycles. The van der Waals surface area contributed by atoms with Crippen LogP contribution in [0.15, 0.2) is 40.3 Å². The van der Waals surface area contributed by atoms with Crippen LogP contribution in [0, 0.1) is 5.41 Å². The Labute approximate surface area is 104 Å². The molecule has 0 amide bonds. The largest absolute Gasteiger partial charge is 0.260 e. The first-order chi connectivity index (χ1) is 8.04. The summed E-state index contributed by atoms with van der Waals surface area (Å²) in [6.45, 7) is 6.77. The Bertz CT molecular complexity index is 424. The van der Waals surface area contributed by atoms with Crippen molar-refractivity contribution < 1.29 is 0 Å². The van der Waals surface area contributed by atoms with Gasteiger partial charge in [-0.15, -0.1) is 0 Å². The molecule has 0 fully saturated rings. The van der Waals surface area contributed by atoms with Crippen LogP contribution in [0.1, 0.15) is 45.3 Å². The molecule has 0 N–H and O–H groups in total. The zero-order valence-corrected chi connectivity index (χ0v) is 10.9. The van der Waals surface area contributed by atoms with E-state index in [1.54, 1.807) is 0 Å². The van der Waals surface area contributed by atoms with Crippen LogP contribution in [-0.2, 0) is 0 Å². The predicted molar refractivity (Wildman–Crippen MR) is 73.8 cm³/mol. The predicted octanol–water partition coefficient (Wildman–Crippen LogP) is 4.04. The summed E-state index contributed by atoms with van der Waals surface area (Å²) in [6, 6.07) is 10.3. The van der Waals surface area contributed by atoms with Crippen LogP contribution in [0.3, 0.4) is 0 Å². The molecule has 0 aliphatic carbocycles. The third-order valence-corrected chi connectivity index (χ3v) is 2.88. The zero-order valence-electron chi connectivity index (χ0n) is 10.9. The maximum Gasteiger partial charge on any atom is 0.165 e. The van der Waals surface area contributed by atoms with E-state index in [1.165, 1.54) is 5.56 Å². The van der Waals surface area contributed by atoms with Crippen molar-refractivity contribution in [1.29, 1.82) is 0 Å². The Morgan fingerprint density at radius 3 is 2.47 bits per heavy atom. The Hall–Kier alpha value is -1.44. The molecule has 1 atom stereocenters. The molecule has 1 aromatic carbocycles. The van der Waals surface area contributed by atoms with Crippen molar-refractivity contribution in [3.05, 3.63) is 35.9 Å². The third-order valence-electron chi connectivity index (χ3n) is 2.88. The van der Waals surface area contributed by atoms with Gasteiger partial charge in [0.25, 0.3) is 0 Å². The van der Waals surface area contributed by atoms with Crippen LogP contribution in [0.25, 0.3) is 0 Å². The molecule has 0 saturated carbocycles. The maximum absolute atomic E-state index is 4.66. The average molecular weight is 228 g/mol. The fourth-order valence-corrected chi connectivity index (χ4v) is 1.80. The minimum atomic E-state index is -0.00818. The summed E-state index contributed by atoms with van der Waals surface area (Å²) in [5, 5.41) is 0. The molecule has 1 unspecified atom stereocenters. The Balaban J connectivity index is 1.99. The van der Waals surface area contributed by atoms with Crippen LogP contribution in [-0.4, -0.2) is 11.9 Å². The van der Waals surface area contributed by atoms with Gasteiger partial charge >= 0.3 is 0 Å². The van der Waals surface area contributed by atoms with Crippen molar-refractivity contribution in [1.82, 2.24) is 0 Å². The van der Waals surface area contributed by atoms with E-state index in [0.29, 0.717) is 5.41 Å². The first-order valence-corrected chi connectivity index (χ1v) is 6.19. The first-order valence-electron chi connectivity index (χ1n) is 6.19. The smallest absolute Gasteiger partial charge is 0.165 e. The number of aliphatic imine (C=N–C) groups is 2. The molecule has 1 heterocycles. The Morgan fingerprint density at radius 1 is 1.12 bits per heavy atom. The highest BCUT2D eigenvalue weighted by Gasteiger charge is 2.16. The number of hydrogen-bond donors (Lipinski definition) is 0. The Kier molecular flexibility index (Phi) is 3.41. The molecule has 2 heteroatoms. The summed E-state index contributed by atoms with van der Waals surface area (Å²) in [4.78, 5) is 9.12. The summed E-state index contributed by atoms with van der Waals surface area (Å²) < 4.78 is 0. The normalized spacial score (nSPS) is 19.5. The summed E-state index contributed by atoms with van der Waals surface area (Å²) in [5.74, 6) is 0. The van der Waals surface area contributed by atoms with Gasteiger partial charge in [0.2, 0.25) is 0 Å². The lowest BCUT2D eigenvalue weighted by Gasteiger charge is -2.16. The molecule has 2 rings (SSSR count). The van der Waals surface area contributed by atoms with E-state index < -0.39 is 0 Å². The van der Waals surface area contributed by atoms with E-state index in [0.717, 1.165) is 18.6 Å². The highest BCUT2D eigenvalue weighted by Crippen LogP contribution is 2.25.